The van der Waals surface area contributed by atoms with Crippen molar-refractivity contribution in [2.24, 2.45) is 15.9 Å². The molecule has 0 saturated heterocycles. The quantitative estimate of drug-likeness (QED) is 0.334. The van der Waals surface area contributed by atoms with Crippen LogP contribution in [0.15, 0.2) is 34.5 Å². The number of nitrogens with two attached hydrogens (primary N) is 1. The van der Waals surface area contributed by atoms with Gasteiger partial charge in [0.25, 0.3) is 0 Å². The zero-order valence-corrected chi connectivity index (χ0v) is 10.1. The van der Waals surface area contributed by atoms with Crippen LogP contribution < -0.4 is 10.8 Å². The molecule has 0 aromatic heterocycles. The molecule has 1 rings (SSSR count). The minimum absolute atomic E-state index is 0. The number of para-hydroxylation sites is 1. The molecule has 0 saturated carbocycles. The molecular weight excluding hydrogens is 381 g/mol. The fraction of sp³-hybridized carbons (Fsp3) is 0. The van der Waals surface area contributed by atoms with E-state index in [1.807, 2.05) is 0 Å². The molecule has 4 nitrogen and oxygen atoms in total. The Labute approximate surface area is 102 Å². The van der Waals surface area contributed by atoms with Gasteiger partial charge in [-0.1, -0.05) is 30.0 Å². The molecule has 0 aliphatic heterocycles. The minimum atomic E-state index is -0.107. The molecule has 0 amide bonds. The predicted octanol–water partition coefficient (Wildman–Crippen LogP) is -0.0468. The maximum absolute atomic E-state index is 11.1. The summed E-state index contributed by atoms with van der Waals surface area (Å²) >= 11 is 4.46. The maximum atomic E-state index is 11.1. The Hall–Kier alpha value is -0.932. The van der Waals surface area contributed by atoms with Gasteiger partial charge < -0.3 is 23.5 Å². The van der Waals surface area contributed by atoms with Crippen molar-refractivity contribution in [2.75, 3.05) is 0 Å². The molecule has 0 unspecified atom stereocenters. The van der Waals surface area contributed by atoms with Gasteiger partial charge in [-0.05, 0) is 10.7 Å². The van der Waals surface area contributed by atoms with Gasteiger partial charge in [0.05, 0.1) is 6.21 Å². The second-order valence-electron chi connectivity index (χ2n) is 2.22. The summed E-state index contributed by atoms with van der Waals surface area (Å²) in [4.78, 5) is 0. The monoisotopic (exact) mass is 388 g/mol. The van der Waals surface area contributed by atoms with Gasteiger partial charge in [0.1, 0.15) is 0 Å². The van der Waals surface area contributed by atoms with E-state index < -0.39 is 0 Å². The number of benzene rings is 1. The van der Waals surface area contributed by atoms with Crippen molar-refractivity contribution in [3.8, 4) is 5.75 Å². The molecule has 2 N–H and O–H groups in total. The molecule has 0 aliphatic rings. The average Bonchev–Trinajstić information content (AvgIpc) is 2.08. The Morgan fingerprint density at radius 3 is 2.64 bits per heavy atom. The van der Waals surface area contributed by atoms with Crippen LogP contribution in [0.1, 0.15) is 5.56 Å². The smallest absolute Gasteiger partial charge is 0.872 e. The Morgan fingerprint density at radius 2 is 2.07 bits per heavy atom. The molecule has 0 spiro atoms. The second kappa shape index (κ2) is 6.51. The van der Waals surface area contributed by atoms with E-state index in [4.69, 9.17) is 5.73 Å². The van der Waals surface area contributed by atoms with Gasteiger partial charge in [-0.25, -0.2) is 0 Å². The molecule has 0 atom stereocenters. The van der Waals surface area contributed by atoms with Crippen LogP contribution in [-0.2, 0) is 33.7 Å². The summed E-state index contributed by atoms with van der Waals surface area (Å²) in [6.45, 7) is 0. The van der Waals surface area contributed by atoms with Crippen molar-refractivity contribution in [2.45, 2.75) is 0 Å². The third-order valence-electron chi connectivity index (χ3n) is 1.27. The van der Waals surface area contributed by atoms with Crippen LogP contribution in [0.2, 0.25) is 0 Å². The van der Waals surface area contributed by atoms with Crippen molar-refractivity contribution >= 4 is 24.0 Å². The number of hydrogen-bond acceptors (Lipinski definition) is 4. The molecule has 6 heteroatoms. The largest absolute Gasteiger partial charge is 2.00 e. The van der Waals surface area contributed by atoms with Crippen LogP contribution in [0, 0.1) is 0 Å². The van der Waals surface area contributed by atoms with E-state index in [1.165, 1.54) is 12.3 Å². The van der Waals surface area contributed by atoms with Gasteiger partial charge >= 0.3 is 21.1 Å². The molecule has 14 heavy (non-hydrogen) atoms. The average molecular weight is 388 g/mol. The summed E-state index contributed by atoms with van der Waals surface area (Å²) in [6.07, 6.45) is 1.32. The van der Waals surface area contributed by atoms with Gasteiger partial charge in [-0.2, -0.15) is 10.2 Å². The number of rotatable bonds is 2. The Bertz CT molecular complexity index is 350. The van der Waals surface area contributed by atoms with Crippen molar-refractivity contribution in [3.05, 3.63) is 29.8 Å². The third kappa shape index (κ3) is 4.35. The van der Waals surface area contributed by atoms with Crippen LogP contribution in [0.5, 0.6) is 5.75 Å². The summed E-state index contributed by atoms with van der Waals surface area (Å²) in [5, 5.41) is 18.0. The van der Waals surface area contributed by atoms with Crippen molar-refractivity contribution in [1.82, 2.24) is 0 Å². The van der Waals surface area contributed by atoms with E-state index in [-0.39, 0.29) is 32.0 Å². The minimum Gasteiger partial charge on any atom is -0.872 e. The predicted molar refractivity (Wildman–Crippen MR) is 52.5 cm³/mol. The van der Waals surface area contributed by atoms with Crippen molar-refractivity contribution in [3.63, 3.8) is 0 Å². The summed E-state index contributed by atoms with van der Waals surface area (Å²) in [7, 11) is 0. The maximum Gasteiger partial charge on any atom is 2.00 e. The molecule has 0 radical (unpaired) electrons. The van der Waals surface area contributed by atoms with Crippen molar-refractivity contribution < 1.29 is 26.2 Å². The fourth-order valence-electron chi connectivity index (χ4n) is 0.735. The van der Waals surface area contributed by atoms with E-state index >= 15 is 0 Å². The standard InChI is InChI=1S/C8H9N3OS.Pt/c9-8(13)11-10-5-6-3-1-2-4-7(6)12;/h1-5,12H,(H3,9,11,13);/q;+2/p-2/b10-5+;. The van der Waals surface area contributed by atoms with E-state index in [0.29, 0.717) is 5.56 Å². The van der Waals surface area contributed by atoms with Crippen LogP contribution in [0.25, 0.3) is 0 Å². The van der Waals surface area contributed by atoms with Gasteiger partial charge in [-0.3, -0.25) is 0 Å². The van der Waals surface area contributed by atoms with E-state index in [0.717, 1.165) is 0 Å². The second-order valence-corrected chi connectivity index (χ2v) is 2.64. The summed E-state index contributed by atoms with van der Waals surface area (Å²) < 4.78 is 0. The first-order chi connectivity index (χ1) is 6.20. The SMILES string of the molecule is N/C([S-])=N/N=C/c1ccccc1[O-].[Pt+2]. The number of amidine groups is 1. The first kappa shape index (κ1) is 13.1. The normalized spacial score (nSPS) is 11.3. The van der Waals surface area contributed by atoms with Gasteiger partial charge in [0, 0.05) is 0 Å². The summed E-state index contributed by atoms with van der Waals surface area (Å²) in [5.74, 6) is -0.107. The molecule has 0 heterocycles. The van der Waals surface area contributed by atoms with Gasteiger partial charge in [-0.15, -0.1) is 0 Å². The number of hydrogen-bond donors (Lipinski definition) is 1. The van der Waals surface area contributed by atoms with E-state index in [1.54, 1.807) is 18.2 Å². The van der Waals surface area contributed by atoms with Crippen LogP contribution in [-0.4, -0.2) is 11.4 Å². The van der Waals surface area contributed by atoms with E-state index in [9.17, 15) is 5.11 Å². The summed E-state index contributed by atoms with van der Waals surface area (Å²) in [6, 6.07) is 6.48. The molecule has 0 fully saturated rings. The first-order valence-electron chi connectivity index (χ1n) is 3.49. The van der Waals surface area contributed by atoms with Crippen LogP contribution >= 0.6 is 0 Å². The number of nitrogens with zero attached hydrogens (tertiary/aromatic N) is 2. The zero-order valence-electron chi connectivity index (χ0n) is 6.99. The first-order valence-corrected chi connectivity index (χ1v) is 3.90. The van der Waals surface area contributed by atoms with E-state index in [2.05, 4.69) is 22.8 Å². The van der Waals surface area contributed by atoms with Crippen LogP contribution in [0.3, 0.4) is 0 Å². The molecule has 0 aliphatic carbocycles. The molecule has 76 valence electrons. The molecule has 1 aromatic carbocycles. The van der Waals surface area contributed by atoms with Crippen molar-refractivity contribution in [1.29, 1.82) is 0 Å². The summed E-state index contributed by atoms with van der Waals surface area (Å²) in [5.41, 5.74) is 5.53. The zero-order chi connectivity index (χ0) is 9.68. The third-order valence-corrected chi connectivity index (χ3v) is 1.35. The molecular formula is C8H7N3OPtS. The van der Waals surface area contributed by atoms with Crippen LogP contribution in [0.4, 0.5) is 0 Å². The Kier molecular flexibility index (Phi) is 6.08. The van der Waals surface area contributed by atoms with Gasteiger partial charge in [0.15, 0.2) is 0 Å². The molecule has 1 aromatic rings. The Balaban J connectivity index is 0.00000169. The van der Waals surface area contributed by atoms with Gasteiger partial charge in [0.2, 0.25) is 0 Å². The Morgan fingerprint density at radius 1 is 1.43 bits per heavy atom. The topological polar surface area (TPSA) is 73.8 Å². The fourth-order valence-corrected chi connectivity index (χ4v) is 0.782. The molecule has 0 bridgehead atoms.